The van der Waals surface area contributed by atoms with Gasteiger partial charge in [-0.05, 0) is 51.4 Å². The third kappa shape index (κ3) is 2.20. The first-order valence-electron chi connectivity index (χ1n) is 5.97. The van der Waals surface area contributed by atoms with Gasteiger partial charge in [-0.15, -0.1) is 0 Å². The molecule has 0 spiro atoms. The van der Waals surface area contributed by atoms with E-state index in [1.165, 1.54) is 39.5 Å². The van der Waals surface area contributed by atoms with Gasteiger partial charge in [-0.25, -0.2) is 0 Å². The van der Waals surface area contributed by atoms with Crippen LogP contribution in [0.1, 0.15) is 39.5 Å². The molecule has 1 amide bonds. The molecule has 2 aliphatic carbocycles. The Morgan fingerprint density at radius 1 is 1.19 bits per heavy atom. The Morgan fingerprint density at radius 2 is 1.62 bits per heavy atom. The number of amides is 1. The van der Waals surface area contributed by atoms with Crippen LogP contribution in [0.25, 0.3) is 0 Å². The molecule has 0 aromatic rings. The summed E-state index contributed by atoms with van der Waals surface area (Å²) in [5, 5.41) is 11.9. The molecule has 2 N–H and O–H groups in total. The molecular weight excluding hydrogens is 206 g/mol. The number of nitrogens with one attached hydrogen (secondary N) is 1. The normalized spacial score (nSPS) is 20.9. The smallest absolute Gasteiger partial charge is 0.318 e. The van der Waals surface area contributed by atoms with E-state index in [2.05, 4.69) is 5.32 Å². The van der Waals surface area contributed by atoms with E-state index in [0.29, 0.717) is 11.8 Å². The lowest BCUT2D eigenvalue weighted by molar-refractivity contribution is -0.153. The highest BCUT2D eigenvalue weighted by Crippen LogP contribution is 2.44. The van der Waals surface area contributed by atoms with Crippen molar-refractivity contribution in [3.63, 3.8) is 0 Å². The molecule has 0 radical (unpaired) electrons. The molecule has 16 heavy (non-hydrogen) atoms. The van der Waals surface area contributed by atoms with Gasteiger partial charge in [0.2, 0.25) is 5.91 Å². The Labute approximate surface area is 95.4 Å². The van der Waals surface area contributed by atoms with Crippen LogP contribution in [-0.2, 0) is 9.59 Å². The monoisotopic (exact) mass is 225 g/mol. The SMILES string of the molecule is CC(C)(C(=O)O)C(=O)NC(C1CC1)C1CC1. The molecule has 0 unspecified atom stereocenters. The summed E-state index contributed by atoms with van der Waals surface area (Å²) >= 11 is 0. The minimum atomic E-state index is -1.32. The first-order chi connectivity index (χ1) is 7.43. The number of carbonyl (C=O) groups excluding carboxylic acids is 1. The second kappa shape index (κ2) is 3.75. The summed E-state index contributed by atoms with van der Waals surface area (Å²) in [7, 11) is 0. The van der Waals surface area contributed by atoms with Crippen LogP contribution in [0.15, 0.2) is 0 Å². The van der Waals surface area contributed by atoms with Gasteiger partial charge in [0.05, 0.1) is 0 Å². The summed E-state index contributed by atoms with van der Waals surface area (Å²) < 4.78 is 0. The van der Waals surface area contributed by atoms with Gasteiger partial charge < -0.3 is 10.4 Å². The molecule has 2 fully saturated rings. The van der Waals surface area contributed by atoms with Crippen LogP contribution < -0.4 is 5.32 Å². The van der Waals surface area contributed by atoms with Crippen molar-refractivity contribution in [2.24, 2.45) is 17.3 Å². The van der Waals surface area contributed by atoms with Gasteiger partial charge in [-0.2, -0.15) is 0 Å². The number of aliphatic carboxylic acids is 1. The van der Waals surface area contributed by atoms with Crippen LogP contribution >= 0.6 is 0 Å². The highest BCUT2D eigenvalue weighted by atomic mass is 16.4. The van der Waals surface area contributed by atoms with Gasteiger partial charge in [-0.3, -0.25) is 9.59 Å². The predicted molar refractivity (Wildman–Crippen MR) is 58.8 cm³/mol. The molecular formula is C12H19NO3. The summed E-state index contributed by atoms with van der Waals surface area (Å²) in [4.78, 5) is 22.8. The van der Waals surface area contributed by atoms with Gasteiger partial charge in [0.25, 0.3) is 0 Å². The lowest BCUT2D eigenvalue weighted by Gasteiger charge is -2.24. The fraction of sp³-hybridized carbons (Fsp3) is 0.833. The van der Waals surface area contributed by atoms with Crippen molar-refractivity contribution in [1.82, 2.24) is 5.32 Å². The van der Waals surface area contributed by atoms with Gasteiger partial charge in [-0.1, -0.05) is 0 Å². The van der Waals surface area contributed by atoms with Crippen molar-refractivity contribution in [3.05, 3.63) is 0 Å². The number of rotatable bonds is 5. The van der Waals surface area contributed by atoms with E-state index in [0.717, 1.165) is 0 Å². The number of hydrogen-bond donors (Lipinski definition) is 2. The van der Waals surface area contributed by atoms with E-state index in [9.17, 15) is 9.59 Å². The molecule has 0 saturated heterocycles. The quantitative estimate of drug-likeness (QED) is 0.695. The van der Waals surface area contributed by atoms with Crippen molar-refractivity contribution < 1.29 is 14.7 Å². The maximum absolute atomic E-state index is 11.9. The lowest BCUT2D eigenvalue weighted by Crippen LogP contribution is -2.48. The molecule has 2 aliphatic rings. The Hall–Kier alpha value is -1.06. The van der Waals surface area contributed by atoms with Crippen LogP contribution in [-0.4, -0.2) is 23.0 Å². The van der Waals surface area contributed by atoms with E-state index >= 15 is 0 Å². The fourth-order valence-corrected chi connectivity index (χ4v) is 1.96. The topological polar surface area (TPSA) is 66.4 Å². The lowest BCUT2D eigenvalue weighted by atomic mass is 9.91. The maximum atomic E-state index is 11.9. The zero-order chi connectivity index (χ0) is 11.9. The minimum Gasteiger partial charge on any atom is -0.480 e. The Balaban J connectivity index is 1.96. The summed E-state index contributed by atoms with van der Waals surface area (Å²) in [5.74, 6) is -0.207. The molecule has 2 rings (SSSR count). The first-order valence-corrected chi connectivity index (χ1v) is 5.97. The first kappa shape index (κ1) is 11.4. The number of carbonyl (C=O) groups is 2. The average Bonchev–Trinajstić information content (AvgIpc) is 3.03. The fourth-order valence-electron chi connectivity index (χ4n) is 1.96. The van der Waals surface area contributed by atoms with E-state index in [4.69, 9.17) is 5.11 Å². The Morgan fingerprint density at radius 3 is 1.94 bits per heavy atom. The van der Waals surface area contributed by atoms with Crippen molar-refractivity contribution in [1.29, 1.82) is 0 Å². The van der Waals surface area contributed by atoms with Crippen LogP contribution in [0.5, 0.6) is 0 Å². The highest BCUT2D eigenvalue weighted by molar-refractivity contribution is 6.01. The summed E-state index contributed by atoms with van der Waals surface area (Å²) in [6.07, 6.45) is 4.70. The van der Waals surface area contributed by atoms with Crippen molar-refractivity contribution in [2.75, 3.05) is 0 Å². The van der Waals surface area contributed by atoms with Gasteiger partial charge in [0.15, 0.2) is 0 Å². The van der Waals surface area contributed by atoms with Gasteiger partial charge >= 0.3 is 5.97 Å². The van der Waals surface area contributed by atoms with Crippen LogP contribution in [0.3, 0.4) is 0 Å². The molecule has 0 atom stereocenters. The molecule has 0 bridgehead atoms. The van der Waals surface area contributed by atoms with Crippen molar-refractivity contribution in [2.45, 2.75) is 45.6 Å². The van der Waals surface area contributed by atoms with Crippen LogP contribution in [0.4, 0.5) is 0 Å². The number of carboxylic acid groups (broad SMARTS) is 1. The minimum absolute atomic E-state index is 0.228. The van der Waals surface area contributed by atoms with Crippen LogP contribution in [0, 0.1) is 17.3 Å². The molecule has 0 aromatic carbocycles. The molecule has 4 nitrogen and oxygen atoms in total. The van der Waals surface area contributed by atoms with Gasteiger partial charge in [0, 0.05) is 6.04 Å². The van der Waals surface area contributed by atoms with Crippen LogP contribution in [0.2, 0.25) is 0 Å². The molecule has 4 heteroatoms. The Kier molecular flexibility index (Phi) is 2.68. The largest absolute Gasteiger partial charge is 0.480 e. The van der Waals surface area contributed by atoms with Crippen molar-refractivity contribution >= 4 is 11.9 Å². The van der Waals surface area contributed by atoms with Crippen molar-refractivity contribution in [3.8, 4) is 0 Å². The average molecular weight is 225 g/mol. The predicted octanol–water partition coefficient (Wildman–Crippen LogP) is 1.40. The molecule has 2 saturated carbocycles. The summed E-state index contributed by atoms with van der Waals surface area (Å²) in [6.45, 7) is 2.92. The maximum Gasteiger partial charge on any atom is 0.318 e. The summed E-state index contributed by atoms with van der Waals surface area (Å²) in [5.41, 5.74) is -1.32. The van der Waals surface area contributed by atoms with E-state index in [1.54, 1.807) is 0 Å². The second-order valence-corrected chi connectivity index (χ2v) is 5.60. The second-order valence-electron chi connectivity index (χ2n) is 5.60. The number of carboxylic acids is 1. The van der Waals surface area contributed by atoms with E-state index < -0.39 is 11.4 Å². The van der Waals surface area contributed by atoms with E-state index in [1.807, 2.05) is 0 Å². The van der Waals surface area contributed by atoms with Gasteiger partial charge in [0.1, 0.15) is 5.41 Å². The molecule has 90 valence electrons. The van der Waals surface area contributed by atoms with E-state index in [-0.39, 0.29) is 11.9 Å². The summed E-state index contributed by atoms with van der Waals surface area (Å²) in [6, 6.07) is 0.228. The molecule has 0 aliphatic heterocycles. The number of hydrogen-bond acceptors (Lipinski definition) is 2. The highest BCUT2D eigenvalue weighted by Gasteiger charge is 2.45. The zero-order valence-corrected chi connectivity index (χ0v) is 9.82. The standard InChI is InChI=1S/C12H19NO3/c1-12(2,11(15)16)10(14)13-9(7-3-4-7)8-5-6-8/h7-9H,3-6H2,1-2H3,(H,13,14)(H,15,16). The third-order valence-corrected chi connectivity index (χ3v) is 3.66. The molecule has 0 aromatic heterocycles. The Bertz CT molecular complexity index is 304. The zero-order valence-electron chi connectivity index (χ0n) is 9.82. The third-order valence-electron chi connectivity index (χ3n) is 3.66. The molecule has 0 heterocycles.